The summed E-state index contributed by atoms with van der Waals surface area (Å²) in [6, 6.07) is 4.04. The molecule has 4 rings (SSSR count). The molecule has 13 heteroatoms. The highest BCUT2D eigenvalue weighted by Crippen LogP contribution is 2.36. The van der Waals surface area contributed by atoms with Gasteiger partial charge in [0.1, 0.15) is 11.5 Å². The van der Waals surface area contributed by atoms with E-state index in [1.165, 1.54) is 23.7 Å². The molecule has 2 N–H and O–H groups in total. The second-order valence-corrected chi connectivity index (χ2v) is 10.9. The number of nitrogens with one attached hydrogen (secondary N) is 2. The van der Waals surface area contributed by atoms with Crippen LogP contribution >= 0.6 is 15.9 Å². The van der Waals surface area contributed by atoms with Crippen molar-refractivity contribution in [3.8, 4) is 0 Å². The Labute approximate surface area is 198 Å². The van der Waals surface area contributed by atoms with Gasteiger partial charge in [-0.05, 0) is 44.9 Å². The maximum absolute atomic E-state index is 15.2. The normalized spacial score (nSPS) is 19.7. The van der Waals surface area contributed by atoms with Crippen LogP contribution in [0.25, 0.3) is 0 Å². The number of hydrogen-bond acceptors (Lipinski definition) is 6. The Kier molecular flexibility index (Phi) is 6.29. The summed E-state index contributed by atoms with van der Waals surface area (Å²) in [7, 11) is -2.98. The summed E-state index contributed by atoms with van der Waals surface area (Å²) < 4.78 is 72.0. The zero-order chi connectivity index (χ0) is 24.1. The number of hydrogen-bond donors (Lipinski definition) is 2. The van der Waals surface area contributed by atoms with Crippen molar-refractivity contribution in [3.63, 3.8) is 0 Å². The minimum absolute atomic E-state index is 0.000335. The molecule has 2 aliphatic heterocycles. The van der Waals surface area contributed by atoms with E-state index in [1.54, 1.807) is 13.8 Å². The first-order valence-electron chi connectivity index (χ1n) is 10.1. The van der Waals surface area contributed by atoms with Gasteiger partial charge >= 0.3 is 10.2 Å². The summed E-state index contributed by atoms with van der Waals surface area (Å²) in [4.78, 5) is 12.6. The van der Waals surface area contributed by atoms with E-state index in [2.05, 4.69) is 26.0 Å². The number of aromatic nitrogens is 1. The smallest absolute Gasteiger partial charge is 0.303 e. The molecule has 1 fully saturated rings. The maximum atomic E-state index is 15.2. The van der Waals surface area contributed by atoms with Gasteiger partial charge in [-0.3, -0.25) is 9.52 Å². The second-order valence-electron chi connectivity index (χ2n) is 8.23. The number of pyridine rings is 1. The van der Waals surface area contributed by atoms with Gasteiger partial charge in [0, 0.05) is 23.8 Å². The number of benzene rings is 1. The average molecular weight is 549 g/mol. The van der Waals surface area contributed by atoms with Gasteiger partial charge in [-0.15, -0.1) is 0 Å². The summed E-state index contributed by atoms with van der Waals surface area (Å²) in [5.41, 5.74) is -1.33. The Hall–Kier alpha value is -2.06. The van der Waals surface area contributed by atoms with Crippen LogP contribution in [0.3, 0.4) is 0 Å². The summed E-state index contributed by atoms with van der Waals surface area (Å²) in [5, 5.41) is 2.57. The maximum Gasteiger partial charge on any atom is 0.303 e. The third-order valence-corrected chi connectivity index (χ3v) is 7.46. The lowest BCUT2D eigenvalue weighted by Gasteiger charge is -2.26. The van der Waals surface area contributed by atoms with Gasteiger partial charge in [-0.2, -0.15) is 17.1 Å². The Morgan fingerprint density at radius 3 is 2.64 bits per heavy atom. The standard InChI is InChI=1S/C20H23BrF2N4O5S/c1-20(2)31-10-15(32-20)26(3)33(29,30)25-17-14-5-4-8-27(14)19(28)16(23)18(17)24-13-7-6-11(21)9-12(13)22/h6-7,9,15,24-25H,4-5,8,10H2,1-3H3. The number of ether oxygens (including phenoxy) is 2. The van der Waals surface area contributed by atoms with Crippen molar-refractivity contribution in [1.29, 1.82) is 0 Å². The van der Waals surface area contributed by atoms with Crippen LogP contribution in [0.1, 0.15) is 26.0 Å². The molecule has 0 bridgehead atoms. The van der Waals surface area contributed by atoms with E-state index in [-0.39, 0.29) is 24.5 Å². The molecular weight excluding hydrogens is 526 g/mol. The lowest BCUT2D eigenvalue weighted by Crippen LogP contribution is -2.43. The lowest BCUT2D eigenvalue weighted by molar-refractivity contribution is -0.149. The topological polar surface area (TPSA) is 102 Å². The molecule has 1 aromatic heterocycles. The molecule has 1 atom stereocenters. The van der Waals surface area contributed by atoms with Gasteiger partial charge in [0.2, 0.25) is 5.82 Å². The molecule has 1 saturated heterocycles. The van der Waals surface area contributed by atoms with Crippen LogP contribution in [0.15, 0.2) is 27.5 Å². The van der Waals surface area contributed by atoms with Gasteiger partial charge in [0.15, 0.2) is 12.0 Å². The van der Waals surface area contributed by atoms with Gasteiger partial charge in [0.05, 0.1) is 18.0 Å². The molecular formula is C20H23BrF2N4O5S. The predicted molar refractivity (Wildman–Crippen MR) is 122 cm³/mol. The van der Waals surface area contributed by atoms with Crippen molar-refractivity contribution in [3.05, 3.63) is 50.4 Å². The van der Waals surface area contributed by atoms with E-state index < -0.39 is 45.1 Å². The fraction of sp³-hybridized carbons (Fsp3) is 0.450. The number of nitrogens with zero attached hydrogens (tertiary/aromatic N) is 2. The van der Waals surface area contributed by atoms with E-state index in [1.807, 2.05) is 0 Å². The first kappa shape index (κ1) is 24.1. The quantitative estimate of drug-likeness (QED) is 0.574. The molecule has 0 spiro atoms. The minimum atomic E-state index is -4.27. The van der Waals surface area contributed by atoms with Crippen molar-refractivity contribution in [2.24, 2.45) is 0 Å². The minimum Gasteiger partial charge on any atom is -0.349 e. The zero-order valence-electron chi connectivity index (χ0n) is 18.1. The fourth-order valence-electron chi connectivity index (χ4n) is 3.79. The molecule has 2 aliphatic rings. The molecule has 0 radical (unpaired) electrons. The third-order valence-electron chi connectivity index (χ3n) is 5.51. The van der Waals surface area contributed by atoms with Crippen LogP contribution in [-0.4, -0.2) is 43.0 Å². The highest BCUT2D eigenvalue weighted by atomic mass is 79.9. The largest absolute Gasteiger partial charge is 0.349 e. The van der Waals surface area contributed by atoms with E-state index >= 15 is 4.39 Å². The molecule has 180 valence electrons. The molecule has 1 aromatic carbocycles. The summed E-state index contributed by atoms with van der Waals surface area (Å²) in [6.45, 7) is 3.56. The van der Waals surface area contributed by atoms with Crippen molar-refractivity contribution < 1.29 is 26.7 Å². The van der Waals surface area contributed by atoms with E-state index in [4.69, 9.17) is 9.47 Å². The first-order valence-corrected chi connectivity index (χ1v) is 12.4. The number of fused-ring (bicyclic) bond motifs is 1. The van der Waals surface area contributed by atoms with Crippen LogP contribution in [-0.2, 0) is 32.6 Å². The molecule has 1 unspecified atom stereocenters. The summed E-state index contributed by atoms with van der Waals surface area (Å²) in [5.74, 6) is -2.90. The van der Waals surface area contributed by atoms with Gasteiger partial charge in [0.25, 0.3) is 5.56 Å². The van der Waals surface area contributed by atoms with Gasteiger partial charge < -0.3 is 19.4 Å². The van der Waals surface area contributed by atoms with Crippen molar-refractivity contribution >= 4 is 43.2 Å². The van der Waals surface area contributed by atoms with E-state index in [9.17, 15) is 17.6 Å². The molecule has 9 nitrogen and oxygen atoms in total. The zero-order valence-corrected chi connectivity index (χ0v) is 20.5. The van der Waals surface area contributed by atoms with Crippen LogP contribution in [0.4, 0.5) is 25.8 Å². The first-order chi connectivity index (χ1) is 15.4. The lowest BCUT2D eigenvalue weighted by atomic mass is 10.2. The number of likely N-dealkylation sites (N-methyl/N-ethyl adjacent to an activating group) is 1. The monoisotopic (exact) mass is 548 g/mol. The Bertz CT molecular complexity index is 1270. The molecule has 0 saturated carbocycles. The fourth-order valence-corrected chi connectivity index (χ4v) is 5.16. The predicted octanol–water partition coefficient (Wildman–Crippen LogP) is 3.28. The van der Waals surface area contributed by atoms with Crippen molar-refractivity contribution in [2.45, 2.75) is 45.2 Å². The Balaban J connectivity index is 1.76. The Morgan fingerprint density at radius 2 is 2.00 bits per heavy atom. The van der Waals surface area contributed by atoms with Gasteiger partial charge in [-0.25, -0.2) is 4.39 Å². The number of rotatable bonds is 6. The summed E-state index contributed by atoms with van der Waals surface area (Å²) >= 11 is 3.14. The summed E-state index contributed by atoms with van der Waals surface area (Å²) in [6.07, 6.45) is -0.0459. The molecule has 0 aliphatic carbocycles. The number of halogens is 3. The third kappa shape index (κ3) is 4.64. The average Bonchev–Trinajstić information content (AvgIpc) is 3.36. The van der Waals surface area contributed by atoms with E-state index in [0.717, 1.165) is 10.4 Å². The van der Waals surface area contributed by atoms with Crippen LogP contribution in [0.2, 0.25) is 0 Å². The highest BCUT2D eigenvalue weighted by molar-refractivity contribution is 9.10. The van der Waals surface area contributed by atoms with E-state index in [0.29, 0.717) is 23.0 Å². The molecule has 33 heavy (non-hydrogen) atoms. The highest BCUT2D eigenvalue weighted by Gasteiger charge is 2.40. The van der Waals surface area contributed by atoms with Crippen LogP contribution < -0.4 is 15.6 Å². The SMILES string of the molecule is CN(C1COC(C)(C)O1)S(=O)(=O)Nc1c(Nc2ccc(Br)cc2F)c(F)c(=O)n2c1CCC2. The molecule has 0 amide bonds. The molecule has 3 heterocycles. The Morgan fingerprint density at radius 1 is 1.27 bits per heavy atom. The number of anilines is 3. The van der Waals surface area contributed by atoms with Crippen molar-refractivity contribution in [2.75, 3.05) is 23.7 Å². The second kappa shape index (κ2) is 8.62. The van der Waals surface area contributed by atoms with Crippen LogP contribution in [0, 0.1) is 11.6 Å². The van der Waals surface area contributed by atoms with Crippen molar-refractivity contribution in [1.82, 2.24) is 8.87 Å². The molecule has 2 aromatic rings. The van der Waals surface area contributed by atoms with Gasteiger partial charge in [-0.1, -0.05) is 15.9 Å². The van der Waals surface area contributed by atoms with Crippen LogP contribution in [0.5, 0.6) is 0 Å².